The second kappa shape index (κ2) is 12.6. The van der Waals surface area contributed by atoms with E-state index >= 15 is 0 Å². The number of nitrogens with one attached hydrogen (secondary N) is 1. The molecule has 0 bridgehead atoms. The van der Waals surface area contributed by atoms with Crippen molar-refractivity contribution in [2.24, 2.45) is 5.92 Å². The first-order valence-corrected chi connectivity index (χ1v) is 11.0. The van der Waals surface area contributed by atoms with E-state index in [1.807, 2.05) is 11.0 Å². The maximum Gasteiger partial charge on any atom is 0.245 e. The lowest BCUT2D eigenvalue weighted by Gasteiger charge is -2.34. The molecule has 2 amide bonds. The molecule has 5 heteroatoms. The highest BCUT2D eigenvalue weighted by atomic mass is 16.2. The van der Waals surface area contributed by atoms with E-state index in [-0.39, 0.29) is 17.9 Å². The summed E-state index contributed by atoms with van der Waals surface area (Å²) in [4.78, 5) is 27.2. The molecule has 1 aromatic carbocycles. The first kappa shape index (κ1) is 22.4. The van der Waals surface area contributed by atoms with Crippen molar-refractivity contribution in [3.8, 4) is 0 Å². The van der Waals surface area contributed by atoms with Gasteiger partial charge in [0.2, 0.25) is 11.8 Å². The normalized spacial score (nSPS) is 16.0. The Morgan fingerprint density at radius 1 is 1.14 bits per heavy atom. The first-order chi connectivity index (χ1) is 13.6. The van der Waals surface area contributed by atoms with Gasteiger partial charge in [-0.3, -0.25) is 9.59 Å². The molecule has 1 fully saturated rings. The monoisotopic (exact) mass is 388 g/mol. The van der Waals surface area contributed by atoms with Gasteiger partial charge in [0.05, 0.1) is 6.54 Å². The van der Waals surface area contributed by atoms with E-state index in [9.17, 15) is 9.59 Å². The van der Waals surface area contributed by atoms with Crippen molar-refractivity contribution in [2.75, 3.05) is 19.6 Å². The molecule has 5 nitrogen and oxygen atoms in total. The molecule has 1 heterocycles. The summed E-state index contributed by atoms with van der Waals surface area (Å²) in [5, 5.41) is 3.00. The molecular weight excluding hydrogens is 350 g/mol. The molecule has 0 unspecified atom stereocenters. The Bertz CT molecular complexity index is 583. The molecule has 1 atom stereocenters. The van der Waals surface area contributed by atoms with Crippen LogP contribution in [0.3, 0.4) is 0 Å². The van der Waals surface area contributed by atoms with Crippen molar-refractivity contribution < 1.29 is 15.3 Å². The Kier molecular flexibility index (Phi) is 10.0. The highest BCUT2D eigenvalue weighted by molar-refractivity contribution is 5.87. The number of rotatable bonds is 11. The van der Waals surface area contributed by atoms with Gasteiger partial charge in [-0.2, -0.15) is 0 Å². The Balaban J connectivity index is 1.78. The van der Waals surface area contributed by atoms with E-state index in [1.54, 1.807) is 0 Å². The lowest BCUT2D eigenvalue weighted by molar-refractivity contribution is -0.368. The molecule has 0 aliphatic carbocycles. The molecule has 0 aromatic heterocycles. The second-order valence-electron chi connectivity index (χ2n) is 8.03. The summed E-state index contributed by atoms with van der Waals surface area (Å²) >= 11 is 0. The van der Waals surface area contributed by atoms with Crippen molar-refractivity contribution in [3.63, 3.8) is 0 Å². The fourth-order valence-corrected chi connectivity index (χ4v) is 3.98. The van der Waals surface area contributed by atoms with Crippen molar-refractivity contribution >= 4 is 11.8 Å². The number of piperidine rings is 1. The number of nitrogens with zero attached hydrogens (tertiary/aromatic N) is 1. The third-order valence-electron chi connectivity index (χ3n) is 5.66. The van der Waals surface area contributed by atoms with Gasteiger partial charge in [-0.15, -0.1) is 0 Å². The van der Waals surface area contributed by atoms with Crippen molar-refractivity contribution in [3.05, 3.63) is 35.9 Å². The van der Waals surface area contributed by atoms with Crippen molar-refractivity contribution in [1.82, 2.24) is 10.2 Å². The van der Waals surface area contributed by atoms with Crippen molar-refractivity contribution in [1.29, 1.82) is 0 Å². The van der Waals surface area contributed by atoms with E-state index in [0.29, 0.717) is 18.8 Å². The molecule has 4 N–H and O–H groups in total. The van der Waals surface area contributed by atoms with E-state index in [1.165, 1.54) is 5.56 Å². The lowest BCUT2D eigenvalue weighted by Crippen LogP contribution is -2.51. The molecule has 1 aliphatic rings. The third-order valence-corrected chi connectivity index (χ3v) is 5.66. The van der Waals surface area contributed by atoms with Gasteiger partial charge in [0.25, 0.3) is 0 Å². The van der Waals surface area contributed by atoms with E-state index in [4.69, 9.17) is 0 Å². The fraction of sp³-hybridized carbons (Fsp3) is 0.652. The Morgan fingerprint density at radius 2 is 1.86 bits per heavy atom. The van der Waals surface area contributed by atoms with Crippen LogP contribution in [-0.4, -0.2) is 42.4 Å². The van der Waals surface area contributed by atoms with Gasteiger partial charge in [-0.1, -0.05) is 43.7 Å². The zero-order chi connectivity index (χ0) is 20.2. The number of likely N-dealkylation sites (tertiary alicyclic amines) is 1. The van der Waals surface area contributed by atoms with Crippen LogP contribution in [0.4, 0.5) is 0 Å². The zero-order valence-electron chi connectivity index (χ0n) is 17.5. The summed E-state index contributed by atoms with van der Waals surface area (Å²) < 4.78 is 0. The highest BCUT2D eigenvalue weighted by Gasteiger charge is 2.28. The van der Waals surface area contributed by atoms with Crippen LogP contribution in [0.1, 0.15) is 63.9 Å². The molecule has 2 rings (SSSR count). The van der Waals surface area contributed by atoms with Crippen LogP contribution in [0.25, 0.3) is 0 Å². The molecule has 0 spiro atoms. The quantitative estimate of drug-likeness (QED) is 0.572. The number of unbranched alkanes of at least 4 members (excludes halogenated alkanes) is 2. The SMILES string of the molecule is CCC[C@H](NC(=O)CCCCC[NH3+])C(=O)N1CCC(Cc2ccccc2)CC1. The standard InChI is InChI=1S/C23H37N3O2/c1-2-9-21(25-22(27)12-7-4-8-15-24)23(28)26-16-13-20(14-17-26)18-19-10-5-3-6-11-19/h3,5-6,10-11,20-21H,2,4,7-9,12-18,24H2,1H3,(H,25,27)/p+1/t21-/m0/s1. The summed E-state index contributed by atoms with van der Waals surface area (Å²) in [5.74, 6) is 0.750. The summed E-state index contributed by atoms with van der Waals surface area (Å²) in [6, 6.07) is 10.2. The minimum Gasteiger partial charge on any atom is -0.358 e. The summed E-state index contributed by atoms with van der Waals surface area (Å²) in [6.07, 6.45) is 8.24. The summed E-state index contributed by atoms with van der Waals surface area (Å²) in [6.45, 7) is 4.58. The third kappa shape index (κ3) is 7.63. The molecular formula is C23H38N3O2+. The number of carbonyl (C=O) groups excluding carboxylic acids is 2. The van der Waals surface area contributed by atoms with Crippen molar-refractivity contribution in [2.45, 2.75) is 70.8 Å². The zero-order valence-corrected chi connectivity index (χ0v) is 17.5. The van der Waals surface area contributed by atoms with Gasteiger partial charge in [-0.05, 0) is 56.4 Å². The average Bonchev–Trinajstić information content (AvgIpc) is 2.72. The smallest absolute Gasteiger partial charge is 0.245 e. The Labute approximate surface area is 170 Å². The Hall–Kier alpha value is -1.88. The predicted molar refractivity (Wildman–Crippen MR) is 113 cm³/mol. The molecule has 1 saturated heterocycles. The topological polar surface area (TPSA) is 77.0 Å². The Morgan fingerprint density at radius 3 is 2.50 bits per heavy atom. The van der Waals surface area contributed by atoms with Crippen LogP contribution >= 0.6 is 0 Å². The van der Waals surface area contributed by atoms with Crippen LogP contribution < -0.4 is 11.1 Å². The average molecular weight is 389 g/mol. The molecule has 0 radical (unpaired) electrons. The van der Waals surface area contributed by atoms with Crippen LogP contribution in [0.2, 0.25) is 0 Å². The van der Waals surface area contributed by atoms with Gasteiger partial charge in [0, 0.05) is 19.5 Å². The van der Waals surface area contributed by atoms with Gasteiger partial charge in [0.1, 0.15) is 6.04 Å². The minimum absolute atomic E-state index is 0.00910. The molecule has 28 heavy (non-hydrogen) atoms. The second-order valence-corrected chi connectivity index (χ2v) is 8.03. The number of carbonyl (C=O) groups is 2. The molecule has 0 saturated carbocycles. The maximum atomic E-state index is 13.0. The maximum absolute atomic E-state index is 13.0. The van der Waals surface area contributed by atoms with Gasteiger partial charge < -0.3 is 16.0 Å². The summed E-state index contributed by atoms with van der Waals surface area (Å²) in [7, 11) is 0. The van der Waals surface area contributed by atoms with Crippen LogP contribution in [0.5, 0.6) is 0 Å². The first-order valence-electron chi connectivity index (χ1n) is 11.0. The summed E-state index contributed by atoms with van der Waals surface area (Å²) in [5.41, 5.74) is 5.20. The van der Waals surface area contributed by atoms with Gasteiger partial charge >= 0.3 is 0 Å². The van der Waals surface area contributed by atoms with E-state index in [0.717, 1.165) is 64.6 Å². The van der Waals surface area contributed by atoms with E-state index in [2.05, 4.69) is 42.2 Å². The van der Waals surface area contributed by atoms with Crippen LogP contribution in [0, 0.1) is 5.92 Å². The van der Waals surface area contributed by atoms with Crippen LogP contribution in [0.15, 0.2) is 30.3 Å². The number of quaternary nitrogens is 1. The van der Waals surface area contributed by atoms with Crippen LogP contribution in [-0.2, 0) is 16.0 Å². The number of amides is 2. The highest BCUT2D eigenvalue weighted by Crippen LogP contribution is 2.22. The molecule has 1 aromatic rings. The predicted octanol–water partition coefficient (Wildman–Crippen LogP) is 2.55. The molecule has 1 aliphatic heterocycles. The van der Waals surface area contributed by atoms with E-state index < -0.39 is 0 Å². The number of hydrogen-bond donors (Lipinski definition) is 2. The van der Waals surface area contributed by atoms with Gasteiger partial charge in [0.15, 0.2) is 0 Å². The largest absolute Gasteiger partial charge is 0.358 e. The number of benzene rings is 1. The minimum atomic E-state index is -0.365. The number of hydrogen-bond acceptors (Lipinski definition) is 2. The fourth-order valence-electron chi connectivity index (χ4n) is 3.98. The van der Waals surface area contributed by atoms with Gasteiger partial charge in [-0.25, -0.2) is 0 Å². The lowest BCUT2D eigenvalue weighted by atomic mass is 9.90. The molecule has 156 valence electrons.